The monoisotopic (exact) mass is 419 g/mol. The zero-order valence-electron chi connectivity index (χ0n) is 16.6. The van der Waals surface area contributed by atoms with E-state index in [0.29, 0.717) is 16.0 Å². The highest BCUT2D eigenvalue weighted by Crippen LogP contribution is 2.30. The largest absolute Gasteiger partial charge is 0.593 e. The van der Waals surface area contributed by atoms with Crippen molar-refractivity contribution >= 4 is 33.9 Å². The molecule has 0 fully saturated rings. The van der Waals surface area contributed by atoms with Crippen molar-refractivity contribution in [1.29, 1.82) is 0 Å². The van der Waals surface area contributed by atoms with Crippen molar-refractivity contribution in [1.82, 2.24) is 9.78 Å². The van der Waals surface area contributed by atoms with E-state index in [2.05, 4.69) is 11.2 Å². The molecule has 0 bridgehead atoms. The first kappa shape index (κ1) is 20.0. The Balaban J connectivity index is 1.89. The summed E-state index contributed by atoms with van der Waals surface area (Å²) in [5.41, 5.74) is 10.3. The van der Waals surface area contributed by atoms with Crippen molar-refractivity contribution in [2.75, 3.05) is 19.0 Å². The molecule has 1 atom stereocenters. The van der Waals surface area contributed by atoms with Crippen LogP contribution >= 0.6 is 0 Å². The van der Waals surface area contributed by atoms with Gasteiger partial charge in [0, 0.05) is 25.2 Å². The molecule has 8 heteroatoms. The lowest BCUT2D eigenvalue weighted by Gasteiger charge is -2.14. The average molecular weight is 420 g/mol. The Kier molecular flexibility index (Phi) is 5.21. The molecule has 0 saturated heterocycles. The first-order valence-corrected chi connectivity index (χ1v) is 10.4. The summed E-state index contributed by atoms with van der Waals surface area (Å²) in [6, 6.07) is 20.9. The number of hydrogen-bond donors (Lipinski definition) is 2. The van der Waals surface area contributed by atoms with E-state index in [0.717, 1.165) is 22.3 Å². The maximum absolute atomic E-state index is 12.0. The molecule has 0 aliphatic carbocycles. The van der Waals surface area contributed by atoms with Crippen molar-refractivity contribution in [2.24, 2.45) is 10.9 Å². The number of primary amides is 1. The number of fused-ring (bicyclic) bond motifs is 1. The van der Waals surface area contributed by atoms with Gasteiger partial charge in [-0.15, -0.1) is 5.14 Å². The third-order valence-electron chi connectivity index (χ3n) is 4.92. The topological polar surface area (TPSA) is 113 Å². The van der Waals surface area contributed by atoms with Crippen LogP contribution in [0.3, 0.4) is 0 Å². The van der Waals surface area contributed by atoms with Gasteiger partial charge < -0.3 is 15.2 Å². The van der Waals surface area contributed by atoms with E-state index in [1.807, 2.05) is 55.4 Å². The van der Waals surface area contributed by atoms with Gasteiger partial charge in [0.15, 0.2) is 10.6 Å². The summed E-state index contributed by atoms with van der Waals surface area (Å²) in [6.07, 6.45) is 0. The highest BCUT2D eigenvalue weighted by Gasteiger charge is 2.17. The highest BCUT2D eigenvalue weighted by molar-refractivity contribution is 7.89. The molecule has 1 amide bonds. The van der Waals surface area contributed by atoms with E-state index in [9.17, 15) is 9.35 Å². The van der Waals surface area contributed by atoms with Crippen LogP contribution in [0.2, 0.25) is 0 Å². The fourth-order valence-corrected chi connectivity index (χ4v) is 3.76. The molecule has 1 aromatic heterocycles. The zero-order chi connectivity index (χ0) is 21.4. The van der Waals surface area contributed by atoms with Crippen molar-refractivity contribution in [3.8, 4) is 16.8 Å². The molecule has 0 saturated carbocycles. The van der Waals surface area contributed by atoms with Crippen LogP contribution in [0.4, 0.5) is 5.69 Å². The second-order valence-electron chi connectivity index (χ2n) is 7.09. The number of hydrogen-bond acceptors (Lipinski definition) is 5. The molecular formula is C22H21N5O2S. The van der Waals surface area contributed by atoms with Crippen LogP contribution in [0, 0.1) is 0 Å². The lowest BCUT2D eigenvalue weighted by atomic mass is 10.0. The Morgan fingerprint density at radius 3 is 2.37 bits per heavy atom. The van der Waals surface area contributed by atoms with E-state index in [-0.39, 0.29) is 5.69 Å². The maximum atomic E-state index is 12.0. The van der Waals surface area contributed by atoms with E-state index in [1.54, 1.807) is 28.9 Å². The highest BCUT2D eigenvalue weighted by atomic mass is 32.2. The molecule has 30 heavy (non-hydrogen) atoms. The Morgan fingerprint density at radius 2 is 1.73 bits per heavy atom. The van der Waals surface area contributed by atoms with Crippen LogP contribution < -0.4 is 15.8 Å². The minimum absolute atomic E-state index is 0.199. The second kappa shape index (κ2) is 7.83. The summed E-state index contributed by atoms with van der Waals surface area (Å²) in [6.45, 7) is 0. The third-order valence-corrected chi connectivity index (χ3v) is 5.66. The van der Waals surface area contributed by atoms with Gasteiger partial charge in [-0.1, -0.05) is 18.2 Å². The lowest BCUT2D eigenvalue weighted by molar-refractivity contribution is 0.0996. The standard InChI is InChI=1S/C22H21N5O2S/c1-26(2)17-5-3-4-14(12-17)15-6-11-19-20(13-15)27(25-21(19)22(23)28)16-7-9-18(10-8-16)30(24)29/h3-13H,24H2,1-2H3,(H2,23,28). The first-order valence-electron chi connectivity index (χ1n) is 9.22. The molecule has 4 aromatic rings. The van der Waals surface area contributed by atoms with E-state index < -0.39 is 17.3 Å². The summed E-state index contributed by atoms with van der Waals surface area (Å²) < 4.78 is 13.1. The van der Waals surface area contributed by atoms with Gasteiger partial charge in [0.1, 0.15) is 0 Å². The van der Waals surface area contributed by atoms with Gasteiger partial charge in [-0.3, -0.25) is 4.79 Å². The molecule has 7 nitrogen and oxygen atoms in total. The molecular weight excluding hydrogens is 398 g/mol. The first-order chi connectivity index (χ1) is 14.3. The van der Waals surface area contributed by atoms with Crippen LogP contribution in [-0.4, -0.2) is 34.3 Å². The molecule has 152 valence electrons. The summed E-state index contributed by atoms with van der Waals surface area (Å²) in [7, 11) is 3.99. The lowest BCUT2D eigenvalue weighted by Crippen LogP contribution is -2.13. The van der Waals surface area contributed by atoms with E-state index >= 15 is 0 Å². The van der Waals surface area contributed by atoms with E-state index in [4.69, 9.17) is 10.9 Å². The van der Waals surface area contributed by atoms with Crippen LogP contribution in [0.25, 0.3) is 27.7 Å². The minimum Gasteiger partial charge on any atom is -0.593 e. The summed E-state index contributed by atoms with van der Waals surface area (Å²) in [5.74, 6) is -0.596. The van der Waals surface area contributed by atoms with Crippen molar-refractivity contribution in [3.05, 3.63) is 72.4 Å². The Morgan fingerprint density at radius 1 is 1.03 bits per heavy atom. The molecule has 3 aromatic carbocycles. The van der Waals surface area contributed by atoms with Gasteiger partial charge in [0.25, 0.3) is 5.91 Å². The summed E-state index contributed by atoms with van der Waals surface area (Å²) in [4.78, 5) is 14.5. The maximum Gasteiger partial charge on any atom is 0.269 e. The average Bonchev–Trinajstić information content (AvgIpc) is 3.13. The van der Waals surface area contributed by atoms with Gasteiger partial charge in [-0.2, -0.15) is 5.10 Å². The fraction of sp³-hybridized carbons (Fsp3) is 0.0909. The number of benzene rings is 3. The quantitative estimate of drug-likeness (QED) is 0.483. The van der Waals surface area contributed by atoms with Crippen molar-refractivity contribution < 1.29 is 9.35 Å². The number of anilines is 1. The number of nitrogens with two attached hydrogens (primary N) is 2. The second-order valence-corrected chi connectivity index (χ2v) is 8.16. The Labute approximate surface area is 177 Å². The third kappa shape index (κ3) is 3.63. The summed E-state index contributed by atoms with van der Waals surface area (Å²) in [5, 5.41) is 10.5. The minimum atomic E-state index is -1.57. The summed E-state index contributed by atoms with van der Waals surface area (Å²) >= 11 is -1.57. The molecule has 0 spiro atoms. The van der Waals surface area contributed by atoms with Crippen molar-refractivity contribution in [2.45, 2.75) is 4.90 Å². The van der Waals surface area contributed by atoms with Crippen LogP contribution in [0.1, 0.15) is 10.5 Å². The molecule has 4 rings (SSSR count). The molecule has 4 N–H and O–H groups in total. The van der Waals surface area contributed by atoms with E-state index in [1.165, 1.54) is 0 Å². The SMILES string of the molecule is CN(C)c1cccc(-c2ccc3c(C(N)=O)nn(-c4ccc([S+](N)[O-])cc4)c3c2)c1. The molecule has 1 unspecified atom stereocenters. The molecule has 0 radical (unpaired) electrons. The number of carbonyl (C=O) groups is 1. The van der Waals surface area contributed by atoms with Gasteiger partial charge >= 0.3 is 0 Å². The number of nitrogens with zero attached hydrogens (tertiary/aromatic N) is 3. The molecule has 0 aliphatic rings. The van der Waals surface area contributed by atoms with Crippen LogP contribution in [-0.2, 0) is 11.4 Å². The van der Waals surface area contributed by atoms with Crippen LogP contribution in [0.5, 0.6) is 0 Å². The number of amides is 1. The van der Waals surface area contributed by atoms with Gasteiger partial charge in [-0.25, -0.2) is 4.68 Å². The van der Waals surface area contributed by atoms with Gasteiger partial charge in [-0.05, 0) is 59.7 Å². The predicted octanol–water partition coefficient (Wildman–Crippen LogP) is 2.84. The number of carbonyl (C=O) groups excluding carboxylic acids is 1. The molecule has 0 aliphatic heterocycles. The van der Waals surface area contributed by atoms with Gasteiger partial charge in [0.2, 0.25) is 0 Å². The fourth-order valence-electron chi connectivity index (χ4n) is 3.36. The smallest absolute Gasteiger partial charge is 0.269 e. The molecule has 1 heterocycles. The number of aromatic nitrogens is 2. The number of rotatable bonds is 5. The zero-order valence-corrected chi connectivity index (χ0v) is 17.4. The predicted molar refractivity (Wildman–Crippen MR) is 120 cm³/mol. The van der Waals surface area contributed by atoms with Gasteiger partial charge in [0.05, 0.1) is 22.6 Å². The Bertz CT molecular complexity index is 1230. The van der Waals surface area contributed by atoms with Crippen molar-refractivity contribution in [3.63, 3.8) is 0 Å². The Hall–Kier alpha value is -3.33. The normalized spacial score (nSPS) is 12.1. The van der Waals surface area contributed by atoms with Crippen LogP contribution in [0.15, 0.2) is 71.6 Å².